The maximum Gasteiger partial charge on any atom is 0.344 e. The second kappa shape index (κ2) is 7.45. The van der Waals surface area contributed by atoms with Gasteiger partial charge >= 0.3 is 5.97 Å². The van der Waals surface area contributed by atoms with Gasteiger partial charge in [0.25, 0.3) is 0 Å². The second-order valence-electron chi connectivity index (χ2n) is 4.47. The van der Waals surface area contributed by atoms with E-state index in [0.29, 0.717) is 12.4 Å². The van der Waals surface area contributed by atoms with Gasteiger partial charge in [0.2, 0.25) is 0 Å². The van der Waals surface area contributed by atoms with Crippen molar-refractivity contribution in [2.45, 2.75) is 13.5 Å². The maximum atomic E-state index is 11.2. The molecule has 4 heteroatoms. The molecule has 2 aromatic rings. The number of hydrogen-bond donors (Lipinski definition) is 1. The van der Waals surface area contributed by atoms with Gasteiger partial charge in [0.1, 0.15) is 5.75 Å². The molecule has 0 radical (unpaired) electrons. The number of carbonyl (C=O) groups excluding carboxylic acids is 1. The lowest BCUT2D eigenvalue weighted by molar-refractivity contribution is -0.145. The molecule has 1 N–H and O–H groups in total. The summed E-state index contributed by atoms with van der Waals surface area (Å²) >= 11 is 0. The Hall–Kier alpha value is -2.33. The van der Waals surface area contributed by atoms with Crippen molar-refractivity contribution in [1.82, 2.24) is 0 Å². The number of rotatable bonds is 6. The van der Waals surface area contributed by atoms with E-state index in [9.17, 15) is 4.79 Å². The van der Waals surface area contributed by atoms with E-state index in [1.807, 2.05) is 48.5 Å². The minimum absolute atomic E-state index is 0.0426. The first-order valence-corrected chi connectivity index (χ1v) is 6.81. The third kappa shape index (κ3) is 4.33. The van der Waals surface area contributed by atoms with Crippen LogP contribution in [-0.2, 0) is 16.1 Å². The van der Waals surface area contributed by atoms with Crippen LogP contribution in [0, 0.1) is 0 Å². The SMILES string of the molecule is CCOC(=O)COc1ccc(-c2ccc(CO)cc2)cc1. The number of hydrogen-bond acceptors (Lipinski definition) is 4. The molecule has 2 aromatic carbocycles. The van der Waals surface area contributed by atoms with Gasteiger partial charge in [0.05, 0.1) is 13.2 Å². The highest BCUT2D eigenvalue weighted by molar-refractivity contribution is 5.71. The number of aliphatic hydroxyl groups excluding tert-OH is 1. The number of ether oxygens (including phenoxy) is 2. The van der Waals surface area contributed by atoms with Crippen LogP contribution >= 0.6 is 0 Å². The van der Waals surface area contributed by atoms with Crippen LogP contribution in [0.25, 0.3) is 11.1 Å². The van der Waals surface area contributed by atoms with Crippen molar-refractivity contribution >= 4 is 5.97 Å². The molecular weight excluding hydrogens is 268 g/mol. The Morgan fingerprint density at radius 1 is 1.00 bits per heavy atom. The van der Waals surface area contributed by atoms with Crippen LogP contribution in [0.3, 0.4) is 0 Å². The Bertz CT molecular complexity index is 573. The molecule has 0 aromatic heterocycles. The maximum absolute atomic E-state index is 11.2. The van der Waals surface area contributed by atoms with E-state index >= 15 is 0 Å². The summed E-state index contributed by atoms with van der Waals surface area (Å²) < 4.78 is 10.1. The molecule has 0 fully saturated rings. The topological polar surface area (TPSA) is 55.8 Å². The summed E-state index contributed by atoms with van der Waals surface area (Å²) in [4.78, 5) is 11.2. The molecule has 0 unspecified atom stereocenters. The van der Waals surface area contributed by atoms with Gasteiger partial charge in [-0.25, -0.2) is 4.79 Å². The molecule has 2 rings (SSSR count). The van der Waals surface area contributed by atoms with Gasteiger partial charge in [0.15, 0.2) is 6.61 Å². The van der Waals surface area contributed by atoms with Crippen LogP contribution in [0.5, 0.6) is 5.75 Å². The summed E-state index contributed by atoms with van der Waals surface area (Å²) in [5, 5.41) is 9.02. The quantitative estimate of drug-likeness (QED) is 0.830. The largest absolute Gasteiger partial charge is 0.482 e. The van der Waals surface area contributed by atoms with E-state index in [0.717, 1.165) is 16.7 Å². The lowest BCUT2D eigenvalue weighted by Crippen LogP contribution is -2.14. The molecule has 0 bridgehead atoms. The van der Waals surface area contributed by atoms with Gasteiger partial charge in [-0.15, -0.1) is 0 Å². The fraction of sp³-hybridized carbons (Fsp3) is 0.235. The van der Waals surface area contributed by atoms with Gasteiger partial charge in [-0.05, 0) is 35.7 Å². The zero-order valence-corrected chi connectivity index (χ0v) is 11.9. The number of esters is 1. The van der Waals surface area contributed by atoms with Crippen molar-refractivity contribution in [2.75, 3.05) is 13.2 Å². The lowest BCUT2D eigenvalue weighted by atomic mass is 10.0. The predicted octanol–water partition coefficient (Wildman–Crippen LogP) is 2.79. The van der Waals surface area contributed by atoms with Gasteiger partial charge in [-0.1, -0.05) is 36.4 Å². The third-order valence-electron chi connectivity index (χ3n) is 2.99. The molecular formula is C17H18O4. The normalized spacial score (nSPS) is 10.2. The zero-order chi connectivity index (χ0) is 15.1. The van der Waals surface area contributed by atoms with Crippen LogP contribution in [0.4, 0.5) is 0 Å². The van der Waals surface area contributed by atoms with Crippen molar-refractivity contribution in [1.29, 1.82) is 0 Å². The van der Waals surface area contributed by atoms with Crippen LogP contribution in [0.2, 0.25) is 0 Å². The van der Waals surface area contributed by atoms with Gasteiger partial charge in [0, 0.05) is 0 Å². The van der Waals surface area contributed by atoms with E-state index in [2.05, 4.69) is 0 Å². The van der Waals surface area contributed by atoms with Crippen molar-refractivity contribution in [3.8, 4) is 16.9 Å². The second-order valence-corrected chi connectivity index (χ2v) is 4.47. The highest BCUT2D eigenvalue weighted by atomic mass is 16.6. The van der Waals surface area contributed by atoms with Gasteiger partial charge in [-0.2, -0.15) is 0 Å². The Kier molecular flexibility index (Phi) is 5.35. The zero-order valence-electron chi connectivity index (χ0n) is 11.9. The average Bonchev–Trinajstić information content (AvgIpc) is 2.54. The smallest absolute Gasteiger partial charge is 0.344 e. The monoisotopic (exact) mass is 286 g/mol. The Morgan fingerprint density at radius 3 is 2.10 bits per heavy atom. The molecule has 0 saturated heterocycles. The number of carbonyl (C=O) groups is 1. The molecule has 0 atom stereocenters. The first-order chi connectivity index (χ1) is 10.2. The third-order valence-corrected chi connectivity index (χ3v) is 2.99. The average molecular weight is 286 g/mol. The van der Waals surface area contributed by atoms with Gasteiger partial charge in [-0.3, -0.25) is 0 Å². The van der Waals surface area contributed by atoms with Crippen molar-refractivity contribution < 1.29 is 19.4 Å². The number of benzene rings is 2. The summed E-state index contributed by atoms with van der Waals surface area (Å²) in [6.45, 7) is 2.07. The molecule has 0 amide bonds. The summed E-state index contributed by atoms with van der Waals surface area (Å²) in [5.41, 5.74) is 2.99. The van der Waals surface area contributed by atoms with E-state index in [1.165, 1.54) is 0 Å². The fourth-order valence-corrected chi connectivity index (χ4v) is 1.89. The first kappa shape index (κ1) is 15.1. The standard InChI is InChI=1S/C17H18O4/c1-2-20-17(19)12-21-16-9-7-15(8-10-16)14-5-3-13(11-18)4-6-14/h3-10,18H,2,11-12H2,1H3. The molecule has 21 heavy (non-hydrogen) atoms. The number of aliphatic hydroxyl groups is 1. The minimum atomic E-state index is -0.374. The van der Waals surface area contributed by atoms with Crippen LogP contribution in [0.1, 0.15) is 12.5 Å². The van der Waals surface area contributed by atoms with Crippen molar-refractivity contribution in [3.63, 3.8) is 0 Å². The van der Waals surface area contributed by atoms with Gasteiger partial charge < -0.3 is 14.6 Å². The molecule has 4 nitrogen and oxygen atoms in total. The lowest BCUT2D eigenvalue weighted by Gasteiger charge is -2.07. The predicted molar refractivity (Wildman–Crippen MR) is 79.9 cm³/mol. The Morgan fingerprint density at radius 2 is 1.57 bits per heavy atom. The fourth-order valence-electron chi connectivity index (χ4n) is 1.89. The highest BCUT2D eigenvalue weighted by Crippen LogP contribution is 2.22. The van der Waals surface area contributed by atoms with Crippen LogP contribution in [0.15, 0.2) is 48.5 Å². The highest BCUT2D eigenvalue weighted by Gasteiger charge is 2.03. The molecule has 0 spiro atoms. The summed E-state index contributed by atoms with van der Waals surface area (Å²) in [5.74, 6) is 0.250. The Labute approximate surface area is 123 Å². The molecule has 0 aliphatic carbocycles. The molecule has 0 heterocycles. The van der Waals surface area contributed by atoms with E-state index in [4.69, 9.17) is 14.6 Å². The Balaban J connectivity index is 1.99. The van der Waals surface area contributed by atoms with E-state index in [-0.39, 0.29) is 19.2 Å². The molecule has 0 saturated carbocycles. The summed E-state index contributed by atoms with van der Waals surface area (Å²) in [6, 6.07) is 15.2. The summed E-state index contributed by atoms with van der Waals surface area (Å²) in [7, 11) is 0. The van der Waals surface area contributed by atoms with Crippen molar-refractivity contribution in [3.05, 3.63) is 54.1 Å². The molecule has 0 aliphatic heterocycles. The van der Waals surface area contributed by atoms with Crippen LogP contribution in [-0.4, -0.2) is 24.3 Å². The van der Waals surface area contributed by atoms with E-state index < -0.39 is 0 Å². The first-order valence-electron chi connectivity index (χ1n) is 6.81. The van der Waals surface area contributed by atoms with Crippen LogP contribution < -0.4 is 4.74 Å². The summed E-state index contributed by atoms with van der Waals surface area (Å²) in [6.07, 6.45) is 0. The minimum Gasteiger partial charge on any atom is -0.482 e. The van der Waals surface area contributed by atoms with Crippen molar-refractivity contribution in [2.24, 2.45) is 0 Å². The molecule has 0 aliphatic rings. The molecule has 110 valence electrons. The van der Waals surface area contributed by atoms with E-state index in [1.54, 1.807) is 6.92 Å².